The van der Waals surface area contributed by atoms with Gasteiger partial charge < -0.3 is 10.5 Å². The number of methoxy groups -OCH3 is 1. The minimum atomic E-state index is -0.267. The average Bonchev–Trinajstić information content (AvgIpc) is 2.74. The Morgan fingerprint density at radius 3 is 2.61 bits per heavy atom. The minimum absolute atomic E-state index is 0.192. The van der Waals surface area contributed by atoms with Crippen LogP contribution >= 0.6 is 0 Å². The maximum Gasteiger partial charge on any atom is 0.146 e. The van der Waals surface area contributed by atoms with Gasteiger partial charge in [-0.05, 0) is 19.8 Å². The van der Waals surface area contributed by atoms with Gasteiger partial charge in [0.2, 0.25) is 0 Å². The van der Waals surface area contributed by atoms with E-state index in [1.54, 1.807) is 13.4 Å². The van der Waals surface area contributed by atoms with Gasteiger partial charge in [-0.3, -0.25) is 0 Å². The summed E-state index contributed by atoms with van der Waals surface area (Å²) in [4.78, 5) is 4.33. The van der Waals surface area contributed by atoms with Crippen LogP contribution in [0.3, 0.4) is 0 Å². The Morgan fingerprint density at radius 1 is 1.39 bits per heavy atom. The number of ether oxygens (including phenoxy) is 1. The van der Waals surface area contributed by atoms with E-state index in [2.05, 4.69) is 17.0 Å². The average molecular weight is 252 g/mol. The Hall–Kier alpha value is -0.940. The predicted molar refractivity (Wildman–Crippen MR) is 70.1 cm³/mol. The van der Waals surface area contributed by atoms with Crippen molar-refractivity contribution in [2.24, 2.45) is 5.73 Å². The van der Waals surface area contributed by atoms with Gasteiger partial charge in [-0.25, -0.2) is 9.67 Å². The molecule has 5 heteroatoms. The van der Waals surface area contributed by atoms with Crippen molar-refractivity contribution in [3.05, 3.63) is 12.2 Å². The molecule has 1 atom stereocenters. The molecule has 1 fully saturated rings. The van der Waals surface area contributed by atoms with Crippen molar-refractivity contribution in [2.75, 3.05) is 7.11 Å². The molecule has 1 saturated carbocycles. The third-order valence-corrected chi connectivity index (χ3v) is 4.15. The first-order valence-electron chi connectivity index (χ1n) is 6.92. The zero-order chi connectivity index (χ0) is 13.0. The summed E-state index contributed by atoms with van der Waals surface area (Å²) in [6.07, 6.45) is 8.53. The molecule has 0 spiro atoms. The molecule has 2 N–H and O–H groups in total. The SMILES string of the molecule is CCn1ncnc1C(N)C1(OC)CCCCCC1. The van der Waals surface area contributed by atoms with E-state index in [4.69, 9.17) is 10.5 Å². The first-order chi connectivity index (χ1) is 8.73. The largest absolute Gasteiger partial charge is 0.376 e. The van der Waals surface area contributed by atoms with Gasteiger partial charge in [-0.2, -0.15) is 5.10 Å². The minimum Gasteiger partial charge on any atom is -0.376 e. The Morgan fingerprint density at radius 2 is 2.06 bits per heavy atom. The Labute approximate surface area is 109 Å². The molecule has 0 saturated heterocycles. The fraction of sp³-hybridized carbons (Fsp3) is 0.846. The summed E-state index contributed by atoms with van der Waals surface area (Å²) < 4.78 is 7.71. The van der Waals surface area contributed by atoms with Crippen LogP contribution in [0, 0.1) is 0 Å². The topological polar surface area (TPSA) is 66.0 Å². The molecule has 1 aliphatic carbocycles. The second-order valence-electron chi connectivity index (χ2n) is 5.09. The van der Waals surface area contributed by atoms with Gasteiger partial charge in [0.05, 0.1) is 11.6 Å². The number of rotatable bonds is 4. The first-order valence-corrected chi connectivity index (χ1v) is 6.92. The number of nitrogens with two attached hydrogens (primary N) is 1. The van der Waals surface area contributed by atoms with Crippen molar-refractivity contribution in [2.45, 2.75) is 63.6 Å². The molecule has 0 aliphatic heterocycles. The molecule has 0 amide bonds. The van der Waals surface area contributed by atoms with E-state index in [1.165, 1.54) is 25.7 Å². The van der Waals surface area contributed by atoms with Gasteiger partial charge in [0, 0.05) is 13.7 Å². The second kappa shape index (κ2) is 5.80. The van der Waals surface area contributed by atoms with Crippen LogP contribution in [-0.2, 0) is 11.3 Å². The van der Waals surface area contributed by atoms with E-state index in [1.807, 2.05) is 4.68 Å². The molecule has 0 aromatic carbocycles. The van der Waals surface area contributed by atoms with Crippen molar-refractivity contribution in [3.63, 3.8) is 0 Å². The summed E-state index contributed by atoms with van der Waals surface area (Å²) >= 11 is 0. The van der Waals surface area contributed by atoms with Crippen LogP contribution < -0.4 is 5.73 Å². The summed E-state index contributed by atoms with van der Waals surface area (Å²) in [5, 5.41) is 4.21. The lowest BCUT2D eigenvalue weighted by Gasteiger charge is -2.36. The summed E-state index contributed by atoms with van der Waals surface area (Å²) in [6, 6.07) is -0.192. The Bertz CT molecular complexity index is 369. The standard InChI is InChI=1S/C13H24N4O/c1-3-17-12(15-10-16-17)11(14)13(18-2)8-6-4-5-7-9-13/h10-11H,3-9,14H2,1-2H3. The Balaban J connectivity index is 2.25. The lowest BCUT2D eigenvalue weighted by Crippen LogP contribution is -2.44. The fourth-order valence-corrected chi connectivity index (χ4v) is 2.96. The van der Waals surface area contributed by atoms with E-state index in [-0.39, 0.29) is 11.6 Å². The molecule has 1 unspecified atom stereocenters. The quantitative estimate of drug-likeness (QED) is 0.833. The van der Waals surface area contributed by atoms with Crippen molar-refractivity contribution in [3.8, 4) is 0 Å². The highest BCUT2D eigenvalue weighted by molar-refractivity contribution is 5.05. The van der Waals surface area contributed by atoms with Gasteiger partial charge in [0.1, 0.15) is 12.2 Å². The number of aromatic nitrogens is 3. The zero-order valence-electron chi connectivity index (χ0n) is 11.4. The number of aryl methyl sites for hydroxylation is 1. The highest BCUT2D eigenvalue weighted by Gasteiger charge is 2.40. The fourth-order valence-electron chi connectivity index (χ4n) is 2.96. The van der Waals surface area contributed by atoms with E-state index in [9.17, 15) is 0 Å². The molecule has 0 bridgehead atoms. The summed E-state index contributed by atoms with van der Waals surface area (Å²) in [5.74, 6) is 0.848. The van der Waals surface area contributed by atoms with Gasteiger partial charge in [0.15, 0.2) is 0 Å². The molecule has 1 aromatic heterocycles. The van der Waals surface area contributed by atoms with E-state index < -0.39 is 0 Å². The molecule has 5 nitrogen and oxygen atoms in total. The van der Waals surface area contributed by atoms with Crippen LogP contribution in [0.5, 0.6) is 0 Å². The van der Waals surface area contributed by atoms with Crippen LogP contribution in [-0.4, -0.2) is 27.5 Å². The van der Waals surface area contributed by atoms with Crippen LogP contribution in [0.4, 0.5) is 0 Å². The van der Waals surface area contributed by atoms with Crippen LogP contribution in [0.25, 0.3) is 0 Å². The molecule has 18 heavy (non-hydrogen) atoms. The smallest absolute Gasteiger partial charge is 0.146 e. The molecular formula is C13H24N4O. The normalized spacial score (nSPS) is 21.5. The van der Waals surface area contributed by atoms with Gasteiger partial charge in [-0.1, -0.05) is 25.7 Å². The van der Waals surface area contributed by atoms with Crippen molar-refractivity contribution in [1.82, 2.24) is 14.8 Å². The number of hydrogen-bond acceptors (Lipinski definition) is 4. The molecular weight excluding hydrogens is 228 g/mol. The molecule has 1 heterocycles. The van der Waals surface area contributed by atoms with Crippen molar-refractivity contribution < 1.29 is 4.74 Å². The summed E-state index contributed by atoms with van der Waals surface area (Å²) in [5.41, 5.74) is 6.19. The van der Waals surface area contributed by atoms with Crippen LogP contribution in [0.2, 0.25) is 0 Å². The monoisotopic (exact) mass is 252 g/mol. The highest BCUT2D eigenvalue weighted by Crippen LogP contribution is 2.38. The van der Waals surface area contributed by atoms with Crippen molar-refractivity contribution >= 4 is 0 Å². The molecule has 102 valence electrons. The lowest BCUT2D eigenvalue weighted by molar-refractivity contribution is -0.0470. The predicted octanol–water partition coefficient (Wildman–Crippen LogP) is 2.04. The van der Waals surface area contributed by atoms with Crippen LogP contribution in [0.15, 0.2) is 6.33 Å². The first kappa shape index (κ1) is 13.5. The molecule has 1 aromatic rings. The molecule has 2 rings (SSSR count). The zero-order valence-corrected chi connectivity index (χ0v) is 11.4. The van der Waals surface area contributed by atoms with E-state index in [0.29, 0.717) is 0 Å². The van der Waals surface area contributed by atoms with E-state index in [0.717, 1.165) is 25.2 Å². The Kier molecular flexibility index (Phi) is 4.35. The number of hydrogen-bond donors (Lipinski definition) is 1. The molecule has 1 aliphatic rings. The van der Waals surface area contributed by atoms with Crippen LogP contribution in [0.1, 0.15) is 57.3 Å². The summed E-state index contributed by atoms with van der Waals surface area (Å²) in [6.45, 7) is 2.85. The third kappa shape index (κ3) is 2.42. The summed E-state index contributed by atoms with van der Waals surface area (Å²) in [7, 11) is 1.78. The second-order valence-corrected chi connectivity index (χ2v) is 5.09. The van der Waals surface area contributed by atoms with E-state index >= 15 is 0 Å². The van der Waals surface area contributed by atoms with Gasteiger partial charge >= 0.3 is 0 Å². The third-order valence-electron chi connectivity index (χ3n) is 4.15. The molecule has 0 radical (unpaired) electrons. The number of nitrogens with zero attached hydrogens (tertiary/aromatic N) is 3. The van der Waals surface area contributed by atoms with Crippen molar-refractivity contribution in [1.29, 1.82) is 0 Å². The highest BCUT2D eigenvalue weighted by atomic mass is 16.5. The van der Waals surface area contributed by atoms with Gasteiger partial charge in [0.25, 0.3) is 0 Å². The lowest BCUT2D eigenvalue weighted by atomic mass is 9.86. The van der Waals surface area contributed by atoms with Gasteiger partial charge in [-0.15, -0.1) is 0 Å². The maximum atomic E-state index is 6.46. The maximum absolute atomic E-state index is 6.46.